The van der Waals surface area contributed by atoms with Gasteiger partial charge in [-0.15, -0.1) is 0 Å². The molecule has 0 saturated carbocycles. The molecule has 2 nitrogen and oxygen atoms in total. The Morgan fingerprint density at radius 3 is 2.44 bits per heavy atom. The SMILES string of the molecule is CC(C)CCC(C)NCc1ccccc1N. The standard InChI is InChI=1S/C14H24N2/c1-11(2)8-9-12(3)16-10-13-6-4-5-7-14(13)15/h4-7,11-12,16H,8-10,15H2,1-3H3. The third-order valence-electron chi connectivity index (χ3n) is 2.87. The molecule has 0 radical (unpaired) electrons. The first-order valence-corrected chi connectivity index (χ1v) is 6.16. The summed E-state index contributed by atoms with van der Waals surface area (Å²) in [5.74, 6) is 0.783. The Labute approximate surface area is 99.2 Å². The van der Waals surface area contributed by atoms with Crippen molar-refractivity contribution in [3.63, 3.8) is 0 Å². The van der Waals surface area contributed by atoms with Gasteiger partial charge < -0.3 is 11.1 Å². The summed E-state index contributed by atoms with van der Waals surface area (Å²) in [7, 11) is 0. The molecule has 0 aliphatic rings. The molecule has 0 amide bonds. The molecule has 0 aromatic heterocycles. The van der Waals surface area contributed by atoms with Gasteiger partial charge in [0.2, 0.25) is 0 Å². The van der Waals surface area contributed by atoms with E-state index in [2.05, 4.69) is 32.2 Å². The van der Waals surface area contributed by atoms with Crippen molar-refractivity contribution in [2.24, 2.45) is 5.92 Å². The average molecular weight is 220 g/mol. The monoisotopic (exact) mass is 220 g/mol. The lowest BCUT2D eigenvalue weighted by Gasteiger charge is -2.15. The minimum Gasteiger partial charge on any atom is -0.398 e. The summed E-state index contributed by atoms with van der Waals surface area (Å²) in [4.78, 5) is 0. The summed E-state index contributed by atoms with van der Waals surface area (Å²) in [6.07, 6.45) is 2.50. The number of nitrogen functional groups attached to an aromatic ring is 1. The van der Waals surface area contributed by atoms with Gasteiger partial charge in [-0.1, -0.05) is 32.0 Å². The van der Waals surface area contributed by atoms with Crippen LogP contribution in [0.1, 0.15) is 39.2 Å². The van der Waals surface area contributed by atoms with Gasteiger partial charge in [0.15, 0.2) is 0 Å². The molecule has 3 N–H and O–H groups in total. The second-order valence-electron chi connectivity index (χ2n) is 4.95. The van der Waals surface area contributed by atoms with Crippen molar-refractivity contribution in [1.29, 1.82) is 0 Å². The number of hydrogen-bond donors (Lipinski definition) is 2. The van der Waals surface area contributed by atoms with E-state index in [0.29, 0.717) is 6.04 Å². The van der Waals surface area contributed by atoms with Crippen molar-refractivity contribution in [1.82, 2.24) is 5.32 Å². The Morgan fingerprint density at radius 1 is 1.12 bits per heavy atom. The van der Waals surface area contributed by atoms with Crippen LogP contribution in [0.3, 0.4) is 0 Å². The first-order valence-electron chi connectivity index (χ1n) is 6.16. The van der Waals surface area contributed by atoms with Crippen LogP contribution in [-0.2, 0) is 6.54 Å². The zero-order valence-corrected chi connectivity index (χ0v) is 10.7. The van der Waals surface area contributed by atoms with Crippen molar-refractivity contribution in [3.8, 4) is 0 Å². The average Bonchev–Trinajstić information content (AvgIpc) is 2.25. The molecule has 1 rings (SSSR count). The smallest absolute Gasteiger partial charge is 0.0359 e. The summed E-state index contributed by atoms with van der Waals surface area (Å²) in [6, 6.07) is 8.60. The zero-order valence-electron chi connectivity index (χ0n) is 10.7. The second kappa shape index (κ2) is 6.54. The van der Waals surface area contributed by atoms with E-state index in [4.69, 9.17) is 5.73 Å². The van der Waals surface area contributed by atoms with E-state index in [-0.39, 0.29) is 0 Å². The lowest BCUT2D eigenvalue weighted by atomic mass is 10.0. The Morgan fingerprint density at radius 2 is 1.81 bits per heavy atom. The van der Waals surface area contributed by atoms with Gasteiger partial charge in [-0.2, -0.15) is 0 Å². The first kappa shape index (κ1) is 13.0. The highest BCUT2D eigenvalue weighted by atomic mass is 14.9. The van der Waals surface area contributed by atoms with Crippen LogP contribution in [-0.4, -0.2) is 6.04 Å². The Hall–Kier alpha value is -1.02. The molecule has 1 atom stereocenters. The van der Waals surface area contributed by atoms with Crippen molar-refractivity contribution < 1.29 is 0 Å². The summed E-state index contributed by atoms with van der Waals surface area (Å²) in [5, 5.41) is 3.52. The third-order valence-corrected chi connectivity index (χ3v) is 2.87. The number of para-hydroxylation sites is 1. The molecule has 90 valence electrons. The molecular weight excluding hydrogens is 196 g/mol. The lowest BCUT2D eigenvalue weighted by Crippen LogP contribution is -2.26. The molecule has 0 saturated heterocycles. The zero-order chi connectivity index (χ0) is 12.0. The quantitative estimate of drug-likeness (QED) is 0.723. The van der Waals surface area contributed by atoms with Crippen LogP contribution in [0.15, 0.2) is 24.3 Å². The molecule has 16 heavy (non-hydrogen) atoms. The molecular formula is C14H24N2. The maximum atomic E-state index is 5.89. The van der Waals surface area contributed by atoms with Gasteiger partial charge >= 0.3 is 0 Å². The number of benzene rings is 1. The summed E-state index contributed by atoms with van der Waals surface area (Å²) in [5.41, 5.74) is 7.96. The minimum atomic E-state index is 0.557. The van der Waals surface area contributed by atoms with E-state index < -0.39 is 0 Å². The number of hydrogen-bond acceptors (Lipinski definition) is 2. The van der Waals surface area contributed by atoms with E-state index >= 15 is 0 Å². The molecule has 1 aromatic carbocycles. The Balaban J connectivity index is 2.31. The predicted octanol–water partition coefficient (Wildman–Crippen LogP) is 3.18. The number of nitrogens with one attached hydrogen (secondary N) is 1. The largest absolute Gasteiger partial charge is 0.398 e. The van der Waals surface area contributed by atoms with E-state index in [1.54, 1.807) is 0 Å². The van der Waals surface area contributed by atoms with Gasteiger partial charge in [0.05, 0.1) is 0 Å². The van der Waals surface area contributed by atoms with Crippen LogP contribution in [0.2, 0.25) is 0 Å². The van der Waals surface area contributed by atoms with Gasteiger partial charge in [0, 0.05) is 18.3 Å². The van der Waals surface area contributed by atoms with E-state index in [9.17, 15) is 0 Å². The highest BCUT2D eigenvalue weighted by Crippen LogP contribution is 2.11. The predicted molar refractivity (Wildman–Crippen MR) is 71.2 cm³/mol. The van der Waals surface area contributed by atoms with Gasteiger partial charge in [0.1, 0.15) is 0 Å². The topological polar surface area (TPSA) is 38.0 Å². The van der Waals surface area contributed by atoms with E-state index in [1.807, 2.05) is 18.2 Å². The molecule has 1 unspecified atom stereocenters. The fourth-order valence-electron chi connectivity index (χ4n) is 1.66. The molecule has 0 aliphatic heterocycles. The number of nitrogens with two attached hydrogens (primary N) is 1. The maximum absolute atomic E-state index is 5.89. The van der Waals surface area contributed by atoms with Crippen LogP contribution in [0.25, 0.3) is 0 Å². The van der Waals surface area contributed by atoms with Crippen molar-refractivity contribution in [3.05, 3.63) is 29.8 Å². The summed E-state index contributed by atoms with van der Waals surface area (Å²) < 4.78 is 0. The molecule has 0 aliphatic carbocycles. The third kappa shape index (κ3) is 4.67. The first-order chi connectivity index (χ1) is 7.59. The van der Waals surface area contributed by atoms with Crippen molar-refractivity contribution in [2.75, 3.05) is 5.73 Å². The summed E-state index contributed by atoms with van der Waals surface area (Å²) in [6.45, 7) is 7.64. The molecule has 0 heterocycles. The van der Waals surface area contributed by atoms with E-state index in [1.165, 1.54) is 18.4 Å². The molecule has 0 fully saturated rings. The Kier molecular flexibility index (Phi) is 5.33. The van der Waals surface area contributed by atoms with Gasteiger partial charge in [-0.05, 0) is 37.3 Å². The highest BCUT2D eigenvalue weighted by molar-refractivity contribution is 5.46. The molecule has 2 heteroatoms. The van der Waals surface area contributed by atoms with Crippen LogP contribution in [0.5, 0.6) is 0 Å². The maximum Gasteiger partial charge on any atom is 0.0359 e. The van der Waals surface area contributed by atoms with Gasteiger partial charge in [-0.25, -0.2) is 0 Å². The number of rotatable bonds is 6. The Bertz CT molecular complexity index is 307. The van der Waals surface area contributed by atoms with Crippen LogP contribution < -0.4 is 11.1 Å². The molecule has 1 aromatic rings. The van der Waals surface area contributed by atoms with Crippen LogP contribution in [0.4, 0.5) is 5.69 Å². The lowest BCUT2D eigenvalue weighted by molar-refractivity contribution is 0.451. The van der Waals surface area contributed by atoms with E-state index in [0.717, 1.165) is 18.2 Å². The number of anilines is 1. The fourth-order valence-corrected chi connectivity index (χ4v) is 1.66. The van der Waals surface area contributed by atoms with Crippen LogP contribution in [0, 0.1) is 5.92 Å². The minimum absolute atomic E-state index is 0.557. The molecule has 0 spiro atoms. The van der Waals surface area contributed by atoms with Gasteiger partial charge in [0.25, 0.3) is 0 Å². The van der Waals surface area contributed by atoms with Crippen molar-refractivity contribution >= 4 is 5.69 Å². The molecule has 0 bridgehead atoms. The normalized spacial score (nSPS) is 13.0. The fraction of sp³-hybridized carbons (Fsp3) is 0.571. The highest BCUT2D eigenvalue weighted by Gasteiger charge is 2.04. The van der Waals surface area contributed by atoms with Crippen LogP contribution >= 0.6 is 0 Å². The summed E-state index contributed by atoms with van der Waals surface area (Å²) >= 11 is 0. The van der Waals surface area contributed by atoms with Gasteiger partial charge in [-0.3, -0.25) is 0 Å². The van der Waals surface area contributed by atoms with Crippen molar-refractivity contribution in [2.45, 2.75) is 46.2 Å². The second-order valence-corrected chi connectivity index (χ2v) is 4.95.